The van der Waals surface area contributed by atoms with Crippen LogP contribution in [0.3, 0.4) is 0 Å². The summed E-state index contributed by atoms with van der Waals surface area (Å²) in [6.07, 6.45) is 2.59. The zero-order chi connectivity index (χ0) is 46.8. The lowest BCUT2D eigenvalue weighted by molar-refractivity contribution is -0.144. The number of carboxylic acids is 3. The van der Waals surface area contributed by atoms with Crippen molar-refractivity contribution in [2.24, 2.45) is 35.5 Å². The van der Waals surface area contributed by atoms with Gasteiger partial charge in [0, 0.05) is 23.2 Å². The van der Waals surface area contributed by atoms with Crippen LogP contribution in [0.1, 0.15) is 98.9 Å². The van der Waals surface area contributed by atoms with E-state index in [1.165, 1.54) is 20.8 Å². The summed E-state index contributed by atoms with van der Waals surface area (Å²) in [7, 11) is 0. The third kappa shape index (κ3) is 13.4. The van der Waals surface area contributed by atoms with E-state index < -0.39 is 35.7 Å². The van der Waals surface area contributed by atoms with E-state index in [0.29, 0.717) is 76.3 Å². The molecule has 0 radical (unpaired) electrons. The average molecular weight is 895 g/mol. The van der Waals surface area contributed by atoms with E-state index in [0.717, 1.165) is 32.5 Å². The quantitative estimate of drug-likeness (QED) is 0.0721. The Morgan fingerprint density at radius 3 is 1.34 bits per heavy atom. The van der Waals surface area contributed by atoms with E-state index in [2.05, 4.69) is 16.0 Å². The van der Waals surface area contributed by atoms with Crippen molar-refractivity contribution >= 4 is 41.2 Å². The highest BCUT2D eigenvalue weighted by Crippen LogP contribution is 2.29. The van der Waals surface area contributed by atoms with Crippen molar-refractivity contribution in [1.29, 1.82) is 0 Å². The summed E-state index contributed by atoms with van der Waals surface area (Å²) >= 11 is 0. The molecular formula is C50H62N4O11. The minimum Gasteiger partial charge on any atom is -0.492 e. The summed E-state index contributed by atoms with van der Waals surface area (Å²) in [6.45, 7) is 8.21. The highest BCUT2D eigenvalue weighted by Gasteiger charge is 2.33. The van der Waals surface area contributed by atoms with Gasteiger partial charge < -0.3 is 40.9 Å². The molecule has 6 rings (SSSR count). The maximum absolute atomic E-state index is 14.6. The van der Waals surface area contributed by atoms with Gasteiger partial charge in [-0.15, -0.1) is 0 Å². The van der Waals surface area contributed by atoms with E-state index in [9.17, 15) is 48.9 Å². The second-order valence-electron chi connectivity index (χ2n) is 18.2. The normalized spacial score (nSPS) is 19.6. The molecule has 3 fully saturated rings. The summed E-state index contributed by atoms with van der Waals surface area (Å²) < 4.78 is 6.24. The Hall–Kier alpha value is -5.77. The van der Waals surface area contributed by atoms with Crippen molar-refractivity contribution in [2.45, 2.75) is 72.3 Å². The maximum atomic E-state index is 14.6. The topological polar surface area (TPSA) is 229 Å². The van der Waals surface area contributed by atoms with Gasteiger partial charge in [-0.3, -0.25) is 33.6 Å². The third-order valence-electron chi connectivity index (χ3n) is 13.3. The standard InChI is InChI=1S/C50H62N4O11/c1-29(55)40-14-32(20-44(48(59)60)37-4-7-51-25-37)12-34(16-40)23-47(58)54(28-36-13-33(15-41(18-36)30(2)56)21-45(49(61)62)38-5-8-52-26-38)10-11-65-43-19-35(17-42(24-43)31(3)57)22-46(50(63)64)39-6-9-53-27-39/h12-19,24,37-39,44-46,51-53H,4-11,20-23,25-28H2,1-3H3,(H,59,60)(H,61,62)(H,63,64)/t37-,38-,39-,44-,45-,46-/m0/s1. The number of Topliss-reactive ketones (excluding diaryl/α,β-unsaturated/α-hetero) is 3. The fourth-order valence-electron chi connectivity index (χ4n) is 9.69. The first-order chi connectivity index (χ1) is 31.0. The van der Waals surface area contributed by atoms with Crippen molar-refractivity contribution in [3.05, 3.63) is 99.1 Å². The van der Waals surface area contributed by atoms with Crippen LogP contribution in [0.15, 0.2) is 54.6 Å². The number of aliphatic carboxylic acids is 3. The molecule has 348 valence electrons. The number of carbonyl (C=O) groups is 7. The van der Waals surface area contributed by atoms with Crippen LogP contribution >= 0.6 is 0 Å². The lowest BCUT2D eigenvalue weighted by Crippen LogP contribution is -2.35. The van der Waals surface area contributed by atoms with E-state index >= 15 is 0 Å². The Kier molecular flexibility index (Phi) is 16.8. The van der Waals surface area contributed by atoms with Gasteiger partial charge in [-0.05, 0) is 187 Å². The molecule has 15 heteroatoms. The molecule has 0 bridgehead atoms. The Morgan fingerprint density at radius 1 is 0.554 bits per heavy atom. The summed E-state index contributed by atoms with van der Waals surface area (Å²) in [5, 5.41) is 40.2. The molecule has 3 heterocycles. The average Bonchev–Trinajstić information content (AvgIpc) is 4.09. The summed E-state index contributed by atoms with van der Waals surface area (Å²) in [6, 6.07) is 15.3. The number of benzene rings is 3. The Balaban J connectivity index is 1.29. The molecule has 3 saturated heterocycles. The number of carbonyl (C=O) groups excluding carboxylic acids is 4. The SMILES string of the molecule is CC(=O)c1cc(CC(=O)N(CCOc2cc(C[C@H](C(=O)O)[C@H]3CCNC3)cc(C(C)=O)c2)Cc2cc(C[C@H](C(=O)O)[C@H]3CCNC3)cc(C(C)=O)c2)cc(C[C@H](C(=O)O)[C@H]2CCNC2)c1. The number of ether oxygens (including phenoxy) is 1. The van der Waals surface area contributed by atoms with Crippen molar-refractivity contribution in [1.82, 2.24) is 20.9 Å². The largest absolute Gasteiger partial charge is 0.492 e. The number of carboxylic acid groups (broad SMARTS) is 3. The molecule has 0 aliphatic carbocycles. The number of hydrogen-bond acceptors (Lipinski definition) is 11. The highest BCUT2D eigenvalue weighted by molar-refractivity contribution is 5.96. The first kappa shape index (κ1) is 48.7. The molecule has 6 atom stereocenters. The van der Waals surface area contributed by atoms with Gasteiger partial charge in [0.25, 0.3) is 0 Å². The molecule has 3 aliphatic heterocycles. The van der Waals surface area contributed by atoms with E-state index in [1.807, 2.05) is 6.07 Å². The Bertz CT molecular complexity index is 2260. The molecule has 0 unspecified atom stereocenters. The van der Waals surface area contributed by atoms with Crippen LogP contribution in [0.25, 0.3) is 0 Å². The van der Waals surface area contributed by atoms with Gasteiger partial charge in [-0.2, -0.15) is 0 Å². The molecule has 3 aromatic carbocycles. The lowest BCUT2D eigenvalue weighted by Gasteiger charge is -2.25. The van der Waals surface area contributed by atoms with Gasteiger partial charge in [0.05, 0.1) is 30.7 Å². The monoisotopic (exact) mass is 894 g/mol. The number of amides is 1. The van der Waals surface area contributed by atoms with Crippen molar-refractivity contribution in [3.8, 4) is 5.75 Å². The molecule has 0 aromatic heterocycles. The van der Waals surface area contributed by atoms with Gasteiger partial charge in [-0.25, -0.2) is 0 Å². The zero-order valence-electron chi connectivity index (χ0n) is 37.5. The smallest absolute Gasteiger partial charge is 0.307 e. The second kappa shape index (κ2) is 22.4. The summed E-state index contributed by atoms with van der Waals surface area (Å²) in [4.78, 5) is 91.7. The number of rotatable bonds is 23. The van der Waals surface area contributed by atoms with Crippen LogP contribution in [0.5, 0.6) is 5.75 Å². The predicted octanol–water partition coefficient (Wildman–Crippen LogP) is 4.50. The van der Waals surface area contributed by atoms with Crippen LogP contribution in [-0.4, -0.2) is 114 Å². The fourth-order valence-corrected chi connectivity index (χ4v) is 9.69. The number of nitrogens with zero attached hydrogens (tertiary/aromatic N) is 1. The number of hydrogen-bond donors (Lipinski definition) is 6. The van der Waals surface area contributed by atoms with Crippen LogP contribution in [-0.2, 0) is 51.4 Å². The first-order valence-corrected chi connectivity index (χ1v) is 22.7. The maximum Gasteiger partial charge on any atom is 0.307 e. The van der Waals surface area contributed by atoms with Crippen LogP contribution < -0.4 is 20.7 Å². The molecule has 65 heavy (non-hydrogen) atoms. The number of nitrogens with one attached hydrogen (secondary N) is 3. The molecular weight excluding hydrogens is 833 g/mol. The third-order valence-corrected chi connectivity index (χ3v) is 13.3. The van der Waals surface area contributed by atoms with Crippen LogP contribution in [0.4, 0.5) is 0 Å². The van der Waals surface area contributed by atoms with Crippen LogP contribution in [0, 0.1) is 35.5 Å². The van der Waals surface area contributed by atoms with Gasteiger partial charge in [0.15, 0.2) is 17.3 Å². The van der Waals surface area contributed by atoms with Gasteiger partial charge in [0.2, 0.25) is 5.91 Å². The van der Waals surface area contributed by atoms with E-state index in [-0.39, 0.29) is 86.4 Å². The van der Waals surface area contributed by atoms with E-state index in [1.54, 1.807) is 53.4 Å². The van der Waals surface area contributed by atoms with E-state index in [4.69, 9.17) is 4.74 Å². The highest BCUT2D eigenvalue weighted by atomic mass is 16.5. The number of ketones is 3. The van der Waals surface area contributed by atoms with Crippen molar-refractivity contribution in [3.63, 3.8) is 0 Å². The zero-order valence-corrected chi connectivity index (χ0v) is 37.5. The Morgan fingerprint density at radius 2 is 0.938 bits per heavy atom. The molecule has 0 spiro atoms. The van der Waals surface area contributed by atoms with Gasteiger partial charge in [0.1, 0.15) is 12.4 Å². The van der Waals surface area contributed by atoms with Crippen molar-refractivity contribution < 1.29 is 53.6 Å². The minimum absolute atomic E-state index is 0.0164. The first-order valence-electron chi connectivity index (χ1n) is 22.7. The van der Waals surface area contributed by atoms with Gasteiger partial charge in [-0.1, -0.05) is 12.1 Å². The Labute approximate surface area is 379 Å². The molecule has 1 amide bonds. The molecule has 15 nitrogen and oxygen atoms in total. The molecule has 6 N–H and O–H groups in total. The molecule has 0 saturated carbocycles. The fraction of sp³-hybridized carbons (Fsp3) is 0.500. The minimum atomic E-state index is -0.925. The lowest BCUT2D eigenvalue weighted by atomic mass is 9.85. The molecule has 3 aliphatic rings. The molecule has 3 aromatic rings. The second-order valence-corrected chi connectivity index (χ2v) is 18.2. The summed E-state index contributed by atoms with van der Waals surface area (Å²) in [5.74, 6) is -5.72. The van der Waals surface area contributed by atoms with Crippen LogP contribution in [0.2, 0.25) is 0 Å². The summed E-state index contributed by atoms with van der Waals surface area (Å²) in [5.41, 5.74) is 4.14. The predicted molar refractivity (Wildman–Crippen MR) is 241 cm³/mol. The van der Waals surface area contributed by atoms with Gasteiger partial charge >= 0.3 is 17.9 Å². The van der Waals surface area contributed by atoms with Crippen molar-refractivity contribution in [2.75, 3.05) is 52.4 Å².